The van der Waals surface area contributed by atoms with Gasteiger partial charge in [-0.05, 0) is 26.0 Å². The lowest BCUT2D eigenvalue weighted by molar-refractivity contribution is -0.164. The van der Waals surface area contributed by atoms with Crippen LogP contribution in [0.15, 0.2) is 30.3 Å². The first-order chi connectivity index (χ1) is 9.69. The molecular formula is C14H16F3NO3. The molecule has 0 aliphatic carbocycles. The number of carbonyl (C=O) groups is 2. The zero-order valence-electron chi connectivity index (χ0n) is 11.6. The van der Waals surface area contributed by atoms with Crippen molar-refractivity contribution in [1.29, 1.82) is 0 Å². The second-order valence-electron chi connectivity index (χ2n) is 4.70. The van der Waals surface area contributed by atoms with Crippen molar-refractivity contribution >= 4 is 11.9 Å². The summed E-state index contributed by atoms with van der Waals surface area (Å²) in [6, 6.07) is 5.92. The highest BCUT2D eigenvalue weighted by Gasteiger charge is 2.37. The first kappa shape index (κ1) is 17.0. The van der Waals surface area contributed by atoms with Crippen molar-refractivity contribution < 1.29 is 27.5 Å². The summed E-state index contributed by atoms with van der Waals surface area (Å²) in [7, 11) is 0. The molecule has 1 amide bonds. The van der Waals surface area contributed by atoms with Gasteiger partial charge in [0.2, 0.25) is 0 Å². The molecule has 0 fully saturated rings. The fourth-order valence-corrected chi connectivity index (χ4v) is 1.57. The van der Waals surface area contributed by atoms with Gasteiger partial charge in [-0.25, -0.2) is 4.79 Å². The highest BCUT2D eigenvalue weighted by Crippen LogP contribution is 2.22. The number of alkyl halides is 3. The SMILES string of the molecule is CC(C)OC(=O)C(CC(F)(F)F)NC(=O)c1ccccc1. The topological polar surface area (TPSA) is 55.4 Å². The van der Waals surface area contributed by atoms with Gasteiger partial charge in [0.25, 0.3) is 5.91 Å². The number of esters is 1. The molecule has 21 heavy (non-hydrogen) atoms. The van der Waals surface area contributed by atoms with Gasteiger partial charge in [-0.3, -0.25) is 4.79 Å². The maximum Gasteiger partial charge on any atom is 0.391 e. The summed E-state index contributed by atoms with van der Waals surface area (Å²) in [6.45, 7) is 3.03. The van der Waals surface area contributed by atoms with Crippen LogP contribution in [0.25, 0.3) is 0 Å². The lowest BCUT2D eigenvalue weighted by Crippen LogP contribution is -2.45. The third kappa shape index (κ3) is 6.29. The van der Waals surface area contributed by atoms with Crippen LogP contribution in [-0.2, 0) is 9.53 Å². The van der Waals surface area contributed by atoms with E-state index in [9.17, 15) is 22.8 Å². The van der Waals surface area contributed by atoms with Crippen molar-refractivity contribution in [1.82, 2.24) is 5.32 Å². The number of benzene rings is 1. The summed E-state index contributed by atoms with van der Waals surface area (Å²) in [6.07, 6.45) is -6.64. The van der Waals surface area contributed by atoms with E-state index in [0.29, 0.717) is 0 Å². The molecule has 0 spiro atoms. The Labute approximate surface area is 120 Å². The predicted octanol–water partition coefficient (Wildman–Crippen LogP) is 2.69. The molecule has 0 saturated heterocycles. The lowest BCUT2D eigenvalue weighted by atomic mass is 10.1. The summed E-state index contributed by atoms with van der Waals surface area (Å²) >= 11 is 0. The lowest BCUT2D eigenvalue weighted by Gasteiger charge is -2.20. The molecule has 0 heterocycles. The second kappa shape index (κ2) is 7.10. The van der Waals surface area contributed by atoms with E-state index in [1.807, 2.05) is 0 Å². The maximum atomic E-state index is 12.5. The number of hydrogen-bond acceptors (Lipinski definition) is 3. The second-order valence-corrected chi connectivity index (χ2v) is 4.70. The molecule has 4 nitrogen and oxygen atoms in total. The van der Waals surface area contributed by atoms with E-state index >= 15 is 0 Å². The zero-order valence-corrected chi connectivity index (χ0v) is 11.6. The molecule has 0 radical (unpaired) electrons. The zero-order chi connectivity index (χ0) is 16.0. The summed E-state index contributed by atoms with van der Waals surface area (Å²) in [5.74, 6) is -1.86. The predicted molar refractivity (Wildman–Crippen MR) is 69.6 cm³/mol. The van der Waals surface area contributed by atoms with Gasteiger partial charge in [0, 0.05) is 5.56 Å². The largest absolute Gasteiger partial charge is 0.461 e. The van der Waals surface area contributed by atoms with E-state index in [-0.39, 0.29) is 5.56 Å². The van der Waals surface area contributed by atoms with E-state index in [1.54, 1.807) is 18.2 Å². The van der Waals surface area contributed by atoms with Crippen LogP contribution in [0.1, 0.15) is 30.6 Å². The van der Waals surface area contributed by atoms with Crippen LogP contribution in [0.3, 0.4) is 0 Å². The van der Waals surface area contributed by atoms with Crippen molar-refractivity contribution in [2.24, 2.45) is 0 Å². The van der Waals surface area contributed by atoms with Gasteiger partial charge in [0.05, 0.1) is 12.5 Å². The highest BCUT2D eigenvalue weighted by molar-refractivity contribution is 5.96. The molecular weight excluding hydrogens is 287 g/mol. The number of halogens is 3. The third-order valence-electron chi connectivity index (χ3n) is 2.41. The minimum absolute atomic E-state index is 0.169. The van der Waals surface area contributed by atoms with Crippen molar-refractivity contribution in [3.05, 3.63) is 35.9 Å². The molecule has 0 aliphatic heterocycles. The number of nitrogens with one attached hydrogen (secondary N) is 1. The number of amides is 1. The van der Waals surface area contributed by atoms with Crippen molar-refractivity contribution in [2.75, 3.05) is 0 Å². The van der Waals surface area contributed by atoms with Crippen LogP contribution in [-0.4, -0.2) is 30.2 Å². The van der Waals surface area contributed by atoms with Crippen molar-refractivity contribution in [3.63, 3.8) is 0 Å². The van der Waals surface area contributed by atoms with Crippen LogP contribution in [0, 0.1) is 0 Å². The molecule has 0 aliphatic rings. The van der Waals surface area contributed by atoms with E-state index < -0.39 is 36.6 Å². The van der Waals surface area contributed by atoms with Crippen LogP contribution >= 0.6 is 0 Å². The monoisotopic (exact) mass is 303 g/mol. The Balaban J connectivity index is 2.82. The Morgan fingerprint density at radius 1 is 1.19 bits per heavy atom. The molecule has 7 heteroatoms. The van der Waals surface area contributed by atoms with Crippen molar-refractivity contribution in [2.45, 2.75) is 38.6 Å². The number of carbonyl (C=O) groups excluding carboxylic acids is 2. The minimum atomic E-state index is -4.59. The van der Waals surface area contributed by atoms with Gasteiger partial charge in [-0.1, -0.05) is 18.2 Å². The Bertz CT molecular complexity index is 486. The van der Waals surface area contributed by atoms with Gasteiger partial charge in [-0.15, -0.1) is 0 Å². The summed E-state index contributed by atoms with van der Waals surface area (Å²) in [5, 5.41) is 2.06. The summed E-state index contributed by atoms with van der Waals surface area (Å²) in [4.78, 5) is 23.5. The molecule has 1 aromatic rings. The molecule has 1 unspecified atom stereocenters. The standard InChI is InChI=1S/C14H16F3NO3/c1-9(2)21-13(20)11(8-14(15,16)17)18-12(19)10-6-4-3-5-7-10/h3-7,9,11H,8H2,1-2H3,(H,18,19). The van der Waals surface area contributed by atoms with Gasteiger partial charge >= 0.3 is 12.1 Å². The van der Waals surface area contributed by atoms with Crippen LogP contribution in [0.2, 0.25) is 0 Å². The normalized spacial score (nSPS) is 12.9. The Kier molecular flexibility index (Phi) is 5.75. The number of ether oxygens (including phenoxy) is 1. The van der Waals surface area contributed by atoms with E-state index in [0.717, 1.165) is 0 Å². The third-order valence-corrected chi connectivity index (χ3v) is 2.41. The summed E-state index contributed by atoms with van der Waals surface area (Å²) < 4.78 is 42.2. The van der Waals surface area contributed by atoms with E-state index in [4.69, 9.17) is 4.74 Å². The molecule has 0 bridgehead atoms. The van der Waals surface area contributed by atoms with Crippen LogP contribution < -0.4 is 5.32 Å². The molecule has 1 aromatic carbocycles. The molecule has 116 valence electrons. The Morgan fingerprint density at radius 2 is 1.76 bits per heavy atom. The number of rotatable bonds is 5. The minimum Gasteiger partial charge on any atom is -0.461 e. The van der Waals surface area contributed by atoms with Gasteiger partial charge in [-0.2, -0.15) is 13.2 Å². The van der Waals surface area contributed by atoms with Crippen LogP contribution in [0.5, 0.6) is 0 Å². The maximum absolute atomic E-state index is 12.5. The molecule has 1 atom stereocenters. The quantitative estimate of drug-likeness (QED) is 0.851. The van der Waals surface area contributed by atoms with Crippen molar-refractivity contribution in [3.8, 4) is 0 Å². The highest BCUT2D eigenvalue weighted by atomic mass is 19.4. The first-order valence-corrected chi connectivity index (χ1v) is 6.32. The van der Waals surface area contributed by atoms with Gasteiger partial charge < -0.3 is 10.1 Å². The molecule has 1 rings (SSSR count). The van der Waals surface area contributed by atoms with Gasteiger partial charge in [0.1, 0.15) is 6.04 Å². The first-order valence-electron chi connectivity index (χ1n) is 6.32. The fraction of sp³-hybridized carbons (Fsp3) is 0.429. The number of hydrogen-bond donors (Lipinski definition) is 1. The smallest absolute Gasteiger partial charge is 0.391 e. The summed E-state index contributed by atoms with van der Waals surface area (Å²) in [5.41, 5.74) is 0.169. The molecule has 1 N–H and O–H groups in total. The fourth-order valence-electron chi connectivity index (χ4n) is 1.57. The molecule has 0 saturated carbocycles. The molecule has 0 aromatic heterocycles. The Hall–Kier alpha value is -2.05. The van der Waals surface area contributed by atoms with E-state index in [1.165, 1.54) is 26.0 Å². The van der Waals surface area contributed by atoms with Crippen LogP contribution in [0.4, 0.5) is 13.2 Å². The average Bonchev–Trinajstić information content (AvgIpc) is 2.36. The Morgan fingerprint density at radius 3 is 2.24 bits per heavy atom. The van der Waals surface area contributed by atoms with Gasteiger partial charge in [0.15, 0.2) is 0 Å². The average molecular weight is 303 g/mol. The van der Waals surface area contributed by atoms with E-state index in [2.05, 4.69) is 5.32 Å².